The Morgan fingerprint density at radius 3 is 2.77 bits per heavy atom. The van der Waals surface area contributed by atoms with Gasteiger partial charge in [0.1, 0.15) is 0 Å². The molecule has 1 atom stereocenters. The van der Waals surface area contributed by atoms with Crippen molar-refractivity contribution in [3.05, 3.63) is 21.9 Å². The highest BCUT2D eigenvalue weighted by molar-refractivity contribution is 7.12. The summed E-state index contributed by atoms with van der Waals surface area (Å²) in [6, 6.07) is 4.96. The van der Waals surface area contributed by atoms with Gasteiger partial charge in [0.2, 0.25) is 0 Å². The molecule has 74 valence electrons. The average molecular weight is 219 g/mol. The van der Waals surface area contributed by atoms with Gasteiger partial charge in [0.25, 0.3) is 0 Å². The maximum atomic E-state index is 3.50. The molecule has 0 radical (unpaired) electrons. The van der Waals surface area contributed by atoms with Crippen LogP contribution in [0.25, 0.3) is 0 Å². The molecule has 1 aromatic heterocycles. The van der Waals surface area contributed by atoms with Crippen LogP contribution in [0.4, 0.5) is 0 Å². The highest BCUT2D eigenvalue weighted by Crippen LogP contribution is 2.22. The first-order chi connectivity index (χ1) is 5.86. The number of thiophene rings is 1. The topological polar surface area (TPSA) is 24.1 Å². The molecule has 4 heteroatoms. The number of rotatable bonds is 1. The van der Waals surface area contributed by atoms with E-state index in [4.69, 9.17) is 0 Å². The molecular formula is C9H15ClN2S. The summed E-state index contributed by atoms with van der Waals surface area (Å²) < 4.78 is 0. The third-order valence-electron chi connectivity index (χ3n) is 2.15. The fourth-order valence-corrected chi connectivity index (χ4v) is 2.45. The molecule has 1 aromatic rings. The van der Waals surface area contributed by atoms with Crippen molar-refractivity contribution in [2.24, 2.45) is 0 Å². The third kappa shape index (κ3) is 2.68. The molecule has 0 amide bonds. The van der Waals surface area contributed by atoms with Gasteiger partial charge in [-0.25, -0.2) is 0 Å². The predicted octanol–water partition coefficient (Wildman–Crippen LogP) is 1.71. The maximum absolute atomic E-state index is 3.50. The molecule has 2 rings (SSSR count). The molecule has 2 nitrogen and oxygen atoms in total. The number of halogens is 1. The summed E-state index contributed by atoms with van der Waals surface area (Å²) in [6.07, 6.45) is 0. The second-order valence-corrected chi connectivity index (χ2v) is 4.48. The summed E-state index contributed by atoms with van der Waals surface area (Å²) in [5, 5.41) is 6.88. The van der Waals surface area contributed by atoms with Gasteiger partial charge < -0.3 is 10.6 Å². The lowest BCUT2D eigenvalue weighted by molar-refractivity contribution is 0.435. The lowest BCUT2D eigenvalue weighted by atomic mass is 10.2. The Bertz CT molecular complexity index is 256. The van der Waals surface area contributed by atoms with Crippen LogP contribution in [0.2, 0.25) is 0 Å². The fourth-order valence-electron chi connectivity index (χ4n) is 1.50. The first-order valence-electron chi connectivity index (χ1n) is 4.37. The van der Waals surface area contributed by atoms with Crippen LogP contribution in [0.3, 0.4) is 0 Å². The van der Waals surface area contributed by atoms with Gasteiger partial charge in [0.05, 0.1) is 6.04 Å². The van der Waals surface area contributed by atoms with Crippen molar-refractivity contribution in [2.75, 3.05) is 19.6 Å². The molecule has 0 bridgehead atoms. The van der Waals surface area contributed by atoms with Crippen molar-refractivity contribution >= 4 is 23.7 Å². The summed E-state index contributed by atoms with van der Waals surface area (Å²) in [6.45, 7) is 5.41. The van der Waals surface area contributed by atoms with Crippen LogP contribution in [0.15, 0.2) is 12.1 Å². The van der Waals surface area contributed by atoms with Crippen molar-refractivity contribution in [2.45, 2.75) is 13.0 Å². The highest BCUT2D eigenvalue weighted by Gasteiger charge is 2.14. The fraction of sp³-hybridized carbons (Fsp3) is 0.556. The Balaban J connectivity index is 0.000000845. The predicted molar refractivity (Wildman–Crippen MR) is 59.9 cm³/mol. The molecule has 13 heavy (non-hydrogen) atoms. The van der Waals surface area contributed by atoms with Crippen molar-refractivity contribution in [3.8, 4) is 0 Å². The van der Waals surface area contributed by atoms with Crippen LogP contribution in [-0.4, -0.2) is 19.6 Å². The second-order valence-electron chi connectivity index (χ2n) is 3.16. The van der Waals surface area contributed by atoms with E-state index in [0.717, 1.165) is 19.6 Å². The van der Waals surface area contributed by atoms with Crippen LogP contribution in [0.5, 0.6) is 0 Å². The Morgan fingerprint density at radius 1 is 1.38 bits per heavy atom. The van der Waals surface area contributed by atoms with E-state index in [1.807, 2.05) is 11.3 Å². The number of aryl methyl sites for hydroxylation is 1. The Morgan fingerprint density at radius 2 is 2.23 bits per heavy atom. The van der Waals surface area contributed by atoms with Crippen LogP contribution >= 0.6 is 23.7 Å². The molecule has 1 aliphatic rings. The molecule has 0 saturated carbocycles. The zero-order valence-corrected chi connectivity index (χ0v) is 9.30. The Labute approximate surface area is 89.1 Å². The third-order valence-corrected chi connectivity index (χ3v) is 3.26. The van der Waals surface area contributed by atoms with E-state index in [0.29, 0.717) is 6.04 Å². The van der Waals surface area contributed by atoms with Crippen LogP contribution < -0.4 is 10.6 Å². The molecule has 0 spiro atoms. The van der Waals surface area contributed by atoms with E-state index < -0.39 is 0 Å². The van der Waals surface area contributed by atoms with Gasteiger partial charge in [-0.2, -0.15) is 0 Å². The summed E-state index contributed by atoms with van der Waals surface area (Å²) in [5.74, 6) is 0. The molecule has 1 aliphatic heterocycles. The maximum Gasteiger partial charge on any atom is 0.0542 e. The minimum Gasteiger partial charge on any atom is -0.314 e. The van der Waals surface area contributed by atoms with E-state index in [-0.39, 0.29) is 12.4 Å². The molecule has 0 aliphatic carbocycles. The lowest BCUT2D eigenvalue weighted by Gasteiger charge is -2.23. The monoisotopic (exact) mass is 218 g/mol. The number of nitrogens with one attached hydrogen (secondary N) is 2. The first-order valence-corrected chi connectivity index (χ1v) is 5.18. The van der Waals surface area contributed by atoms with Gasteiger partial charge in [-0.05, 0) is 19.1 Å². The second kappa shape index (κ2) is 4.96. The van der Waals surface area contributed by atoms with Gasteiger partial charge in [0, 0.05) is 29.4 Å². The summed E-state index contributed by atoms with van der Waals surface area (Å²) >= 11 is 1.89. The normalized spacial score (nSPS) is 22.4. The molecule has 2 N–H and O–H groups in total. The molecule has 0 unspecified atom stereocenters. The Kier molecular flexibility index (Phi) is 4.19. The average Bonchev–Trinajstić information content (AvgIpc) is 2.54. The Hall–Kier alpha value is -0.0900. The highest BCUT2D eigenvalue weighted by atomic mass is 35.5. The quantitative estimate of drug-likeness (QED) is 0.750. The van der Waals surface area contributed by atoms with E-state index >= 15 is 0 Å². The molecule has 1 saturated heterocycles. The summed E-state index contributed by atoms with van der Waals surface area (Å²) in [5.41, 5.74) is 0. The largest absolute Gasteiger partial charge is 0.314 e. The van der Waals surface area contributed by atoms with E-state index in [1.165, 1.54) is 9.75 Å². The van der Waals surface area contributed by atoms with Gasteiger partial charge in [-0.15, -0.1) is 23.7 Å². The molecule has 0 aromatic carbocycles. The van der Waals surface area contributed by atoms with Crippen LogP contribution in [0, 0.1) is 6.92 Å². The smallest absolute Gasteiger partial charge is 0.0542 e. The SMILES string of the molecule is Cc1ccc([C@@H]2CNCCN2)s1.Cl. The van der Waals surface area contributed by atoms with Gasteiger partial charge in [-0.3, -0.25) is 0 Å². The minimum atomic E-state index is 0. The van der Waals surface area contributed by atoms with Crippen molar-refractivity contribution in [1.82, 2.24) is 10.6 Å². The summed E-state index contributed by atoms with van der Waals surface area (Å²) in [4.78, 5) is 2.86. The van der Waals surface area contributed by atoms with E-state index in [2.05, 4.69) is 29.7 Å². The summed E-state index contributed by atoms with van der Waals surface area (Å²) in [7, 11) is 0. The van der Waals surface area contributed by atoms with E-state index in [9.17, 15) is 0 Å². The number of hydrogen-bond acceptors (Lipinski definition) is 3. The van der Waals surface area contributed by atoms with Gasteiger partial charge in [-0.1, -0.05) is 0 Å². The first kappa shape index (κ1) is 11.0. The zero-order chi connectivity index (χ0) is 8.39. The molecule has 2 heterocycles. The van der Waals surface area contributed by atoms with Crippen LogP contribution in [0.1, 0.15) is 15.8 Å². The van der Waals surface area contributed by atoms with Gasteiger partial charge in [0.15, 0.2) is 0 Å². The zero-order valence-electron chi connectivity index (χ0n) is 7.67. The molecular weight excluding hydrogens is 204 g/mol. The molecule has 1 fully saturated rings. The number of piperazine rings is 1. The van der Waals surface area contributed by atoms with Gasteiger partial charge >= 0.3 is 0 Å². The lowest BCUT2D eigenvalue weighted by Crippen LogP contribution is -2.42. The van der Waals surface area contributed by atoms with Crippen LogP contribution in [-0.2, 0) is 0 Å². The minimum absolute atomic E-state index is 0. The number of hydrogen-bond donors (Lipinski definition) is 2. The van der Waals surface area contributed by atoms with Crippen molar-refractivity contribution in [3.63, 3.8) is 0 Å². The van der Waals surface area contributed by atoms with Crippen molar-refractivity contribution < 1.29 is 0 Å². The van der Waals surface area contributed by atoms with Crippen molar-refractivity contribution in [1.29, 1.82) is 0 Å². The standard InChI is InChI=1S/C9H14N2S.ClH/c1-7-2-3-9(12-7)8-6-10-4-5-11-8;/h2-3,8,10-11H,4-6H2,1H3;1H/t8-;/m0./s1. The van der Waals surface area contributed by atoms with E-state index in [1.54, 1.807) is 0 Å².